The van der Waals surface area contributed by atoms with Gasteiger partial charge in [0.2, 0.25) is 5.91 Å². The molecule has 1 saturated carbocycles. The highest BCUT2D eigenvalue weighted by Crippen LogP contribution is 2.41. The van der Waals surface area contributed by atoms with E-state index in [2.05, 4.69) is 5.32 Å². The fourth-order valence-electron chi connectivity index (χ4n) is 3.89. The monoisotopic (exact) mass is 344 g/mol. The first-order valence-electron chi connectivity index (χ1n) is 8.93. The number of rotatable bonds is 5. The van der Waals surface area contributed by atoms with Crippen LogP contribution in [0.4, 0.5) is 5.69 Å². The molecule has 134 valence electrons. The van der Waals surface area contributed by atoms with Gasteiger partial charge in [-0.1, -0.05) is 25.0 Å². The highest BCUT2D eigenvalue weighted by molar-refractivity contribution is 6.04. The molecule has 3 rings (SSSR count). The van der Waals surface area contributed by atoms with Crippen LogP contribution in [-0.2, 0) is 9.59 Å². The molecule has 25 heavy (non-hydrogen) atoms. The number of nitrogens with one attached hydrogen (secondary N) is 1. The van der Waals surface area contributed by atoms with E-state index in [1.165, 1.54) is 0 Å². The van der Waals surface area contributed by atoms with E-state index in [1.54, 1.807) is 29.2 Å². The van der Waals surface area contributed by atoms with Gasteiger partial charge < -0.3 is 15.3 Å². The van der Waals surface area contributed by atoms with Crippen molar-refractivity contribution in [3.8, 4) is 0 Å². The maximum Gasteiger partial charge on any atom is 0.310 e. The van der Waals surface area contributed by atoms with Gasteiger partial charge in [-0.05, 0) is 37.8 Å². The summed E-state index contributed by atoms with van der Waals surface area (Å²) in [7, 11) is 0. The lowest BCUT2D eigenvalue weighted by atomic mass is 9.82. The Morgan fingerprint density at radius 3 is 2.32 bits per heavy atom. The topological polar surface area (TPSA) is 86.7 Å². The summed E-state index contributed by atoms with van der Waals surface area (Å²) in [6.07, 6.45) is 4.69. The fourth-order valence-corrected chi connectivity index (χ4v) is 3.89. The van der Waals surface area contributed by atoms with Gasteiger partial charge >= 0.3 is 5.97 Å². The van der Waals surface area contributed by atoms with Gasteiger partial charge in [-0.2, -0.15) is 0 Å². The highest BCUT2D eigenvalue weighted by atomic mass is 16.4. The van der Waals surface area contributed by atoms with E-state index in [-0.39, 0.29) is 18.2 Å². The number of aliphatic carboxylic acids is 1. The van der Waals surface area contributed by atoms with Crippen molar-refractivity contribution in [2.75, 3.05) is 18.4 Å². The van der Waals surface area contributed by atoms with Crippen LogP contribution in [0.25, 0.3) is 0 Å². The zero-order valence-corrected chi connectivity index (χ0v) is 14.3. The summed E-state index contributed by atoms with van der Waals surface area (Å²) >= 11 is 0. The Hall–Kier alpha value is -2.37. The number of benzene rings is 1. The molecule has 6 nitrogen and oxygen atoms in total. The molecule has 6 heteroatoms. The quantitative estimate of drug-likeness (QED) is 0.860. The standard InChI is InChI=1S/C19H24N2O4/c22-16(13-19(18(24)25)9-3-4-10-19)20-15-8-2-1-7-14(15)17(23)21-11-5-6-12-21/h1-2,7-8H,3-6,9-13H2,(H,20,22)(H,24,25). The van der Waals surface area contributed by atoms with E-state index in [4.69, 9.17) is 0 Å². The van der Waals surface area contributed by atoms with Crippen LogP contribution in [0.15, 0.2) is 24.3 Å². The van der Waals surface area contributed by atoms with E-state index in [0.29, 0.717) is 24.1 Å². The SMILES string of the molecule is O=C(CC1(C(=O)O)CCCC1)Nc1ccccc1C(=O)N1CCCC1. The van der Waals surface area contributed by atoms with E-state index < -0.39 is 11.4 Å². The van der Waals surface area contributed by atoms with Gasteiger partial charge in [0.05, 0.1) is 16.7 Å². The number of amides is 2. The van der Waals surface area contributed by atoms with E-state index in [9.17, 15) is 19.5 Å². The maximum absolute atomic E-state index is 12.6. The molecule has 0 aromatic heterocycles. The second-order valence-corrected chi connectivity index (χ2v) is 7.06. The fraction of sp³-hybridized carbons (Fsp3) is 0.526. The number of para-hydroxylation sites is 1. The van der Waals surface area contributed by atoms with Crippen molar-refractivity contribution in [1.29, 1.82) is 0 Å². The molecule has 1 aliphatic carbocycles. The number of hydrogen-bond acceptors (Lipinski definition) is 3. The number of carboxylic acids is 1. The molecule has 1 saturated heterocycles. The zero-order chi connectivity index (χ0) is 17.9. The predicted octanol–water partition coefficient (Wildman–Crippen LogP) is 2.90. The van der Waals surface area contributed by atoms with Gasteiger partial charge in [0.25, 0.3) is 5.91 Å². The van der Waals surface area contributed by atoms with Gasteiger partial charge in [-0.3, -0.25) is 14.4 Å². The zero-order valence-electron chi connectivity index (χ0n) is 14.3. The van der Waals surface area contributed by atoms with Crippen LogP contribution in [0.3, 0.4) is 0 Å². The van der Waals surface area contributed by atoms with Crippen LogP contribution < -0.4 is 5.32 Å². The Morgan fingerprint density at radius 2 is 1.68 bits per heavy atom. The third-order valence-electron chi connectivity index (χ3n) is 5.34. The van der Waals surface area contributed by atoms with Crippen LogP contribution >= 0.6 is 0 Å². The normalized spacial score (nSPS) is 19.0. The van der Waals surface area contributed by atoms with Crippen molar-refractivity contribution < 1.29 is 19.5 Å². The summed E-state index contributed by atoms with van der Waals surface area (Å²) < 4.78 is 0. The first kappa shape index (κ1) is 17.5. The Morgan fingerprint density at radius 1 is 1.04 bits per heavy atom. The average molecular weight is 344 g/mol. The summed E-state index contributed by atoms with van der Waals surface area (Å²) in [6, 6.07) is 6.94. The average Bonchev–Trinajstić information content (AvgIpc) is 3.27. The number of carbonyl (C=O) groups is 3. The van der Waals surface area contributed by atoms with E-state index in [1.807, 2.05) is 0 Å². The lowest BCUT2D eigenvalue weighted by molar-refractivity contribution is -0.150. The minimum Gasteiger partial charge on any atom is -0.481 e. The minimum atomic E-state index is -0.960. The molecule has 0 atom stereocenters. The Kier molecular flexibility index (Phi) is 5.06. The Balaban J connectivity index is 1.73. The van der Waals surface area contributed by atoms with Gasteiger partial charge in [-0.15, -0.1) is 0 Å². The smallest absolute Gasteiger partial charge is 0.310 e. The van der Waals surface area contributed by atoms with Crippen molar-refractivity contribution >= 4 is 23.5 Å². The lowest BCUT2D eigenvalue weighted by Gasteiger charge is -2.23. The third kappa shape index (κ3) is 3.67. The van der Waals surface area contributed by atoms with Gasteiger partial charge in [0.1, 0.15) is 0 Å². The second kappa shape index (κ2) is 7.25. The molecule has 2 N–H and O–H groups in total. The number of nitrogens with zero attached hydrogens (tertiary/aromatic N) is 1. The van der Waals surface area contributed by atoms with Crippen LogP contribution in [0.2, 0.25) is 0 Å². The molecule has 1 heterocycles. The van der Waals surface area contributed by atoms with E-state index >= 15 is 0 Å². The van der Waals surface area contributed by atoms with Crippen LogP contribution in [0.5, 0.6) is 0 Å². The first-order chi connectivity index (χ1) is 12.0. The lowest BCUT2D eigenvalue weighted by Crippen LogP contribution is -2.33. The minimum absolute atomic E-state index is 0.0471. The van der Waals surface area contributed by atoms with Gasteiger partial charge in [-0.25, -0.2) is 0 Å². The molecular formula is C19H24N2O4. The predicted molar refractivity (Wildman–Crippen MR) is 93.4 cm³/mol. The molecule has 0 radical (unpaired) electrons. The van der Waals surface area contributed by atoms with E-state index in [0.717, 1.165) is 38.8 Å². The molecule has 1 aromatic carbocycles. The van der Waals surface area contributed by atoms with Gasteiger partial charge in [0, 0.05) is 19.5 Å². The number of likely N-dealkylation sites (tertiary alicyclic amines) is 1. The number of carboxylic acid groups (broad SMARTS) is 1. The van der Waals surface area contributed by atoms with Crippen LogP contribution in [0.1, 0.15) is 55.3 Å². The van der Waals surface area contributed by atoms with Crippen molar-refractivity contribution in [2.24, 2.45) is 5.41 Å². The molecule has 1 aromatic rings. The molecular weight excluding hydrogens is 320 g/mol. The summed E-state index contributed by atoms with van der Waals surface area (Å²) in [5, 5.41) is 12.3. The van der Waals surface area contributed by atoms with Gasteiger partial charge in [0.15, 0.2) is 0 Å². The summed E-state index contributed by atoms with van der Waals surface area (Å²) in [5.41, 5.74) is -0.0330. The molecule has 2 fully saturated rings. The number of carbonyl (C=O) groups excluding carboxylic acids is 2. The van der Waals surface area contributed by atoms with Crippen molar-refractivity contribution in [3.63, 3.8) is 0 Å². The third-order valence-corrected chi connectivity index (χ3v) is 5.34. The van der Waals surface area contributed by atoms with Crippen molar-refractivity contribution in [3.05, 3.63) is 29.8 Å². The number of hydrogen-bond donors (Lipinski definition) is 2. The summed E-state index contributed by atoms with van der Waals surface area (Å²) in [4.78, 5) is 38.5. The molecule has 1 aliphatic heterocycles. The first-order valence-corrected chi connectivity index (χ1v) is 8.93. The largest absolute Gasteiger partial charge is 0.481 e. The van der Waals surface area contributed by atoms with Crippen LogP contribution in [0, 0.1) is 5.41 Å². The summed E-state index contributed by atoms with van der Waals surface area (Å²) in [5.74, 6) is -1.32. The van der Waals surface area contributed by atoms with Crippen LogP contribution in [-0.4, -0.2) is 40.9 Å². The molecule has 0 bridgehead atoms. The Labute approximate surface area is 147 Å². The summed E-state index contributed by atoms with van der Waals surface area (Å²) in [6.45, 7) is 1.48. The highest BCUT2D eigenvalue weighted by Gasteiger charge is 2.43. The molecule has 2 aliphatic rings. The number of anilines is 1. The molecule has 0 spiro atoms. The molecule has 2 amide bonds. The van der Waals surface area contributed by atoms with Crippen molar-refractivity contribution in [1.82, 2.24) is 4.90 Å². The Bertz CT molecular complexity index is 674. The maximum atomic E-state index is 12.6. The second-order valence-electron chi connectivity index (χ2n) is 7.06. The molecule has 0 unspecified atom stereocenters. The van der Waals surface area contributed by atoms with Crippen molar-refractivity contribution in [2.45, 2.75) is 44.9 Å².